The number of nitro benzene ring substituents is 1. The van der Waals surface area contributed by atoms with Crippen molar-refractivity contribution in [2.24, 2.45) is 5.73 Å². The second kappa shape index (κ2) is 5.31. The van der Waals surface area contributed by atoms with E-state index in [1.54, 1.807) is 0 Å². The predicted molar refractivity (Wildman–Crippen MR) is 58.3 cm³/mol. The molecule has 0 saturated carbocycles. The Labute approximate surface area is 98.7 Å². The van der Waals surface area contributed by atoms with Crippen LogP contribution in [0.5, 0.6) is 0 Å². The molecule has 1 atom stereocenters. The first-order chi connectivity index (χ1) is 7.41. The topological polar surface area (TPSA) is 69.2 Å². The van der Waals surface area contributed by atoms with Crippen LogP contribution in [0.1, 0.15) is 18.0 Å². The van der Waals surface area contributed by atoms with Gasteiger partial charge in [-0.2, -0.15) is 0 Å². The first kappa shape index (κ1) is 13.0. The summed E-state index contributed by atoms with van der Waals surface area (Å²) in [7, 11) is 0. The lowest BCUT2D eigenvalue weighted by molar-refractivity contribution is -0.385. The molecule has 0 aliphatic heterocycles. The zero-order valence-electron chi connectivity index (χ0n) is 8.07. The van der Waals surface area contributed by atoms with Crippen molar-refractivity contribution in [3.05, 3.63) is 38.3 Å². The Morgan fingerprint density at radius 2 is 2.12 bits per heavy atom. The molecule has 0 aliphatic rings. The SMILES string of the molecule is N[C@H](CC(F)F)c1ccc(Br)c([N+](=O)[O-])c1. The van der Waals surface area contributed by atoms with Gasteiger partial charge < -0.3 is 5.73 Å². The fourth-order valence-electron chi connectivity index (χ4n) is 1.23. The van der Waals surface area contributed by atoms with E-state index in [-0.39, 0.29) is 5.69 Å². The molecule has 88 valence electrons. The van der Waals surface area contributed by atoms with Crippen LogP contribution in [0.2, 0.25) is 0 Å². The van der Waals surface area contributed by atoms with Gasteiger partial charge in [-0.1, -0.05) is 6.07 Å². The molecular weight excluding hydrogens is 286 g/mol. The van der Waals surface area contributed by atoms with Gasteiger partial charge in [-0.3, -0.25) is 10.1 Å². The summed E-state index contributed by atoms with van der Waals surface area (Å²) < 4.78 is 24.5. The summed E-state index contributed by atoms with van der Waals surface area (Å²) in [6, 6.07) is 3.23. The van der Waals surface area contributed by atoms with Gasteiger partial charge in [0.15, 0.2) is 0 Å². The predicted octanol–water partition coefficient (Wildman–Crippen LogP) is 3.01. The van der Waals surface area contributed by atoms with Gasteiger partial charge in [0.2, 0.25) is 6.43 Å². The van der Waals surface area contributed by atoms with E-state index in [0.717, 1.165) is 0 Å². The Bertz CT molecular complexity index is 401. The van der Waals surface area contributed by atoms with E-state index in [4.69, 9.17) is 5.73 Å². The third-order valence-corrected chi connectivity index (χ3v) is 2.70. The van der Waals surface area contributed by atoms with Crippen LogP contribution in [0, 0.1) is 10.1 Å². The van der Waals surface area contributed by atoms with Crippen LogP contribution < -0.4 is 5.73 Å². The molecule has 0 spiro atoms. The average Bonchev–Trinajstić information content (AvgIpc) is 2.16. The minimum Gasteiger partial charge on any atom is -0.324 e. The minimum atomic E-state index is -2.53. The van der Waals surface area contributed by atoms with Crippen LogP contribution in [0.3, 0.4) is 0 Å². The molecule has 0 radical (unpaired) electrons. The van der Waals surface area contributed by atoms with Crippen LogP contribution in [-0.2, 0) is 0 Å². The van der Waals surface area contributed by atoms with Crippen LogP contribution in [0.4, 0.5) is 14.5 Å². The first-order valence-corrected chi connectivity index (χ1v) is 5.18. The maximum atomic E-state index is 12.1. The second-order valence-corrected chi connectivity index (χ2v) is 4.06. The quantitative estimate of drug-likeness (QED) is 0.685. The molecule has 0 saturated heterocycles. The molecule has 0 amide bonds. The maximum Gasteiger partial charge on any atom is 0.283 e. The molecule has 0 aromatic heterocycles. The molecule has 16 heavy (non-hydrogen) atoms. The van der Waals surface area contributed by atoms with Gasteiger partial charge in [0.1, 0.15) is 0 Å². The summed E-state index contributed by atoms with van der Waals surface area (Å²) in [5, 5.41) is 10.6. The number of halogens is 3. The standard InChI is InChI=1S/C9H9BrF2N2O2/c10-6-2-1-5(3-8(6)14(15)16)7(13)4-9(11)12/h1-3,7,9H,4,13H2/t7-/m1/s1. The van der Waals surface area contributed by atoms with E-state index in [0.29, 0.717) is 10.0 Å². The van der Waals surface area contributed by atoms with Crippen molar-refractivity contribution in [2.45, 2.75) is 18.9 Å². The molecule has 1 aromatic carbocycles. The van der Waals surface area contributed by atoms with Gasteiger partial charge in [-0.15, -0.1) is 0 Å². The van der Waals surface area contributed by atoms with Crippen LogP contribution in [-0.4, -0.2) is 11.3 Å². The van der Waals surface area contributed by atoms with Gasteiger partial charge in [-0.05, 0) is 27.6 Å². The Morgan fingerprint density at radius 3 is 2.62 bits per heavy atom. The third kappa shape index (κ3) is 3.21. The Hall–Kier alpha value is -1.08. The number of nitrogens with two attached hydrogens (primary N) is 1. The Morgan fingerprint density at radius 1 is 1.50 bits per heavy atom. The monoisotopic (exact) mass is 294 g/mol. The second-order valence-electron chi connectivity index (χ2n) is 3.20. The lowest BCUT2D eigenvalue weighted by Gasteiger charge is -2.11. The highest BCUT2D eigenvalue weighted by Gasteiger charge is 2.18. The summed E-state index contributed by atoms with van der Waals surface area (Å²) in [4.78, 5) is 10.0. The van der Waals surface area contributed by atoms with Gasteiger partial charge in [0.05, 0.1) is 9.40 Å². The summed E-state index contributed by atoms with van der Waals surface area (Å²) in [5.74, 6) is 0. The van der Waals surface area contributed by atoms with Gasteiger partial charge >= 0.3 is 0 Å². The van der Waals surface area contributed by atoms with Gasteiger partial charge in [-0.25, -0.2) is 8.78 Å². The molecular formula is C9H9BrF2N2O2. The Kier molecular flexibility index (Phi) is 4.31. The smallest absolute Gasteiger partial charge is 0.283 e. The molecule has 4 nitrogen and oxygen atoms in total. The molecule has 0 aliphatic carbocycles. The molecule has 2 N–H and O–H groups in total. The van der Waals surface area contributed by atoms with Crippen LogP contribution in [0.15, 0.2) is 22.7 Å². The van der Waals surface area contributed by atoms with E-state index < -0.39 is 23.8 Å². The maximum absolute atomic E-state index is 12.1. The number of nitrogens with zero attached hydrogens (tertiary/aromatic N) is 1. The van der Waals surface area contributed by atoms with Crippen molar-refractivity contribution < 1.29 is 13.7 Å². The van der Waals surface area contributed by atoms with E-state index in [1.165, 1.54) is 18.2 Å². The average molecular weight is 295 g/mol. The van der Waals surface area contributed by atoms with E-state index >= 15 is 0 Å². The van der Waals surface area contributed by atoms with E-state index in [1.807, 2.05) is 0 Å². The van der Waals surface area contributed by atoms with Crippen molar-refractivity contribution in [3.63, 3.8) is 0 Å². The number of hydrogen-bond acceptors (Lipinski definition) is 3. The van der Waals surface area contributed by atoms with E-state index in [2.05, 4.69) is 15.9 Å². The first-order valence-electron chi connectivity index (χ1n) is 4.39. The molecule has 0 unspecified atom stereocenters. The molecule has 1 rings (SSSR count). The van der Waals surface area contributed by atoms with Gasteiger partial charge in [0, 0.05) is 18.5 Å². The number of rotatable bonds is 4. The fourth-order valence-corrected chi connectivity index (χ4v) is 1.62. The fraction of sp³-hybridized carbons (Fsp3) is 0.333. The Balaban J connectivity index is 2.98. The normalized spacial score (nSPS) is 12.8. The van der Waals surface area contributed by atoms with Crippen molar-refractivity contribution in [1.29, 1.82) is 0 Å². The van der Waals surface area contributed by atoms with Crippen molar-refractivity contribution in [3.8, 4) is 0 Å². The highest BCUT2D eigenvalue weighted by molar-refractivity contribution is 9.10. The van der Waals surface area contributed by atoms with E-state index in [9.17, 15) is 18.9 Å². The lowest BCUT2D eigenvalue weighted by atomic mass is 10.0. The highest BCUT2D eigenvalue weighted by atomic mass is 79.9. The van der Waals surface area contributed by atoms with Crippen molar-refractivity contribution >= 4 is 21.6 Å². The zero-order valence-corrected chi connectivity index (χ0v) is 9.65. The summed E-state index contributed by atoms with van der Waals surface area (Å²) in [6.45, 7) is 0. The molecule has 7 heteroatoms. The lowest BCUT2D eigenvalue weighted by Crippen LogP contribution is -2.14. The molecule has 0 fully saturated rings. The van der Waals surface area contributed by atoms with Crippen LogP contribution in [0.25, 0.3) is 0 Å². The number of hydrogen-bond donors (Lipinski definition) is 1. The largest absolute Gasteiger partial charge is 0.324 e. The van der Waals surface area contributed by atoms with Crippen molar-refractivity contribution in [1.82, 2.24) is 0 Å². The zero-order chi connectivity index (χ0) is 12.3. The van der Waals surface area contributed by atoms with Gasteiger partial charge in [0.25, 0.3) is 5.69 Å². The molecule has 0 bridgehead atoms. The highest BCUT2D eigenvalue weighted by Crippen LogP contribution is 2.29. The summed E-state index contributed by atoms with van der Waals surface area (Å²) >= 11 is 3.00. The third-order valence-electron chi connectivity index (χ3n) is 2.03. The number of benzene rings is 1. The summed E-state index contributed by atoms with van der Waals surface area (Å²) in [6.07, 6.45) is -3.04. The molecule has 1 aromatic rings. The summed E-state index contributed by atoms with van der Waals surface area (Å²) in [5.41, 5.74) is 5.65. The minimum absolute atomic E-state index is 0.179. The van der Waals surface area contributed by atoms with Crippen LogP contribution >= 0.6 is 15.9 Å². The number of nitro groups is 1. The number of alkyl halides is 2. The molecule has 0 heterocycles. The van der Waals surface area contributed by atoms with Crippen molar-refractivity contribution in [2.75, 3.05) is 0 Å².